The molecule has 2 heterocycles. The number of hydrogen-bond acceptors (Lipinski definition) is 5. The van der Waals surface area contributed by atoms with Gasteiger partial charge in [0.05, 0.1) is 17.8 Å². The monoisotopic (exact) mass is 321 g/mol. The summed E-state index contributed by atoms with van der Waals surface area (Å²) in [5.74, 6) is -0.316. The molecule has 7 heteroatoms. The summed E-state index contributed by atoms with van der Waals surface area (Å²) in [5, 5.41) is 0. The zero-order valence-corrected chi connectivity index (χ0v) is 14.4. The van der Waals surface area contributed by atoms with Crippen LogP contribution in [0, 0.1) is 0 Å². The third-order valence-electron chi connectivity index (χ3n) is 4.38. The molecule has 0 spiro atoms. The fraction of sp³-hybridized carbons (Fsp3) is 0.625. The molecule has 2 rings (SSSR count). The van der Waals surface area contributed by atoms with Crippen LogP contribution in [0.5, 0.6) is 0 Å². The average molecular weight is 321 g/mol. The van der Waals surface area contributed by atoms with Gasteiger partial charge in [-0.25, -0.2) is 0 Å². The molecule has 1 fully saturated rings. The highest BCUT2D eigenvalue weighted by Gasteiger charge is 2.51. The molecule has 126 valence electrons. The van der Waals surface area contributed by atoms with Crippen molar-refractivity contribution in [2.75, 3.05) is 6.61 Å². The van der Waals surface area contributed by atoms with Crippen LogP contribution in [0.4, 0.5) is 0 Å². The van der Waals surface area contributed by atoms with E-state index in [2.05, 4.69) is 0 Å². The molecule has 1 saturated heterocycles. The van der Waals surface area contributed by atoms with E-state index in [9.17, 15) is 9.59 Å². The minimum Gasteiger partial charge on any atom is -0.466 e. The van der Waals surface area contributed by atoms with Crippen LogP contribution >= 0.6 is 0 Å². The summed E-state index contributed by atoms with van der Waals surface area (Å²) in [6, 6.07) is 3.24. The predicted octanol–water partition coefficient (Wildman–Crippen LogP) is 1.10. The van der Waals surface area contributed by atoms with Gasteiger partial charge in [0, 0.05) is 25.7 Å². The maximum Gasteiger partial charge on any atom is 0.496 e. The minimum atomic E-state index is -0.500. The standard InChI is InChI=1S/C16H24BNO5/c1-12(19)21-10-6-9-18-11-13(7-8-14(18)20)17-22-15(2,3)16(4,5)23-17/h7-8,11H,6,9-10H2,1-5H3. The molecule has 0 aliphatic carbocycles. The molecule has 0 atom stereocenters. The first-order valence-corrected chi connectivity index (χ1v) is 7.82. The number of esters is 1. The molecule has 6 nitrogen and oxygen atoms in total. The first-order chi connectivity index (χ1) is 10.6. The summed E-state index contributed by atoms with van der Waals surface area (Å²) in [6.45, 7) is 10.1. The molecular weight excluding hydrogens is 297 g/mol. The number of ether oxygens (including phenoxy) is 1. The first kappa shape index (κ1) is 17.8. The van der Waals surface area contributed by atoms with Crippen molar-refractivity contribution >= 4 is 18.6 Å². The van der Waals surface area contributed by atoms with Crippen molar-refractivity contribution in [3.05, 3.63) is 28.7 Å². The summed E-state index contributed by atoms with van der Waals surface area (Å²) in [7, 11) is -0.500. The molecule has 1 aromatic rings. The van der Waals surface area contributed by atoms with Gasteiger partial charge in [-0.05, 0) is 39.6 Å². The largest absolute Gasteiger partial charge is 0.496 e. The summed E-state index contributed by atoms with van der Waals surface area (Å²) in [5.41, 5.74) is -0.147. The number of aryl methyl sites for hydroxylation is 1. The van der Waals surface area contributed by atoms with Gasteiger partial charge >= 0.3 is 13.1 Å². The van der Waals surface area contributed by atoms with Gasteiger partial charge in [-0.2, -0.15) is 0 Å². The van der Waals surface area contributed by atoms with Crippen LogP contribution in [0.25, 0.3) is 0 Å². The molecule has 1 aliphatic rings. The van der Waals surface area contributed by atoms with Crippen LogP contribution in [-0.4, -0.2) is 35.5 Å². The third kappa shape index (κ3) is 4.03. The number of carbonyl (C=O) groups is 1. The Morgan fingerprint density at radius 1 is 1.22 bits per heavy atom. The maximum absolute atomic E-state index is 11.9. The number of pyridine rings is 1. The van der Waals surface area contributed by atoms with Gasteiger partial charge in [0.2, 0.25) is 5.56 Å². The maximum atomic E-state index is 11.9. The highest BCUT2D eigenvalue weighted by Crippen LogP contribution is 2.36. The third-order valence-corrected chi connectivity index (χ3v) is 4.38. The average Bonchev–Trinajstić information content (AvgIpc) is 2.65. The molecule has 0 unspecified atom stereocenters. The van der Waals surface area contributed by atoms with Gasteiger partial charge in [0.15, 0.2) is 0 Å². The van der Waals surface area contributed by atoms with E-state index < -0.39 is 18.3 Å². The lowest BCUT2D eigenvalue weighted by Gasteiger charge is -2.32. The van der Waals surface area contributed by atoms with Gasteiger partial charge in [0.1, 0.15) is 0 Å². The lowest BCUT2D eigenvalue weighted by atomic mass is 9.80. The smallest absolute Gasteiger partial charge is 0.466 e. The quantitative estimate of drug-likeness (QED) is 0.462. The molecular formula is C16H24BNO5. The summed E-state index contributed by atoms with van der Waals surface area (Å²) >= 11 is 0. The second-order valence-electron chi connectivity index (χ2n) is 6.78. The van der Waals surface area contributed by atoms with Crippen molar-refractivity contribution in [2.45, 2.75) is 58.8 Å². The molecule has 0 amide bonds. The van der Waals surface area contributed by atoms with Crippen molar-refractivity contribution in [1.29, 1.82) is 0 Å². The second kappa shape index (κ2) is 6.49. The topological polar surface area (TPSA) is 66.8 Å². The zero-order chi connectivity index (χ0) is 17.3. The second-order valence-corrected chi connectivity index (χ2v) is 6.78. The summed E-state index contributed by atoms with van der Waals surface area (Å²) < 4.78 is 18.5. The SMILES string of the molecule is CC(=O)OCCCn1cc(B2OC(C)(C)C(C)(C)O2)ccc1=O. The molecule has 0 saturated carbocycles. The normalized spacial score (nSPS) is 18.9. The Bertz CT molecular complexity index is 622. The predicted molar refractivity (Wildman–Crippen MR) is 87.7 cm³/mol. The van der Waals surface area contributed by atoms with Gasteiger partial charge in [-0.3, -0.25) is 9.59 Å². The van der Waals surface area contributed by atoms with Crippen LogP contribution in [0.1, 0.15) is 41.0 Å². The Morgan fingerprint density at radius 2 is 1.83 bits per heavy atom. The van der Waals surface area contributed by atoms with E-state index in [-0.39, 0.29) is 11.5 Å². The number of aromatic nitrogens is 1. The molecule has 0 aromatic carbocycles. The summed E-state index contributed by atoms with van der Waals surface area (Å²) in [6.07, 6.45) is 2.32. The van der Waals surface area contributed by atoms with E-state index in [1.165, 1.54) is 13.0 Å². The molecule has 0 bridgehead atoms. The lowest BCUT2D eigenvalue weighted by molar-refractivity contribution is -0.141. The molecule has 1 aromatic heterocycles. The zero-order valence-electron chi connectivity index (χ0n) is 14.4. The van der Waals surface area contributed by atoms with E-state index in [0.29, 0.717) is 19.6 Å². The van der Waals surface area contributed by atoms with Crippen LogP contribution in [0.2, 0.25) is 0 Å². The van der Waals surface area contributed by atoms with E-state index in [1.807, 2.05) is 27.7 Å². The highest BCUT2D eigenvalue weighted by atomic mass is 16.7. The van der Waals surface area contributed by atoms with Crippen molar-refractivity contribution in [1.82, 2.24) is 4.57 Å². The fourth-order valence-corrected chi connectivity index (χ4v) is 2.29. The first-order valence-electron chi connectivity index (χ1n) is 7.82. The highest BCUT2D eigenvalue weighted by molar-refractivity contribution is 6.62. The van der Waals surface area contributed by atoms with Crippen LogP contribution in [-0.2, 0) is 25.4 Å². The van der Waals surface area contributed by atoms with E-state index >= 15 is 0 Å². The fourth-order valence-electron chi connectivity index (χ4n) is 2.29. The van der Waals surface area contributed by atoms with Crippen molar-refractivity contribution in [2.24, 2.45) is 0 Å². The molecule has 1 aliphatic heterocycles. The Morgan fingerprint density at radius 3 is 2.39 bits per heavy atom. The number of rotatable bonds is 5. The lowest BCUT2D eigenvalue weighted by Crippen LogP contribution is -2.41. The number of carbonyl (C=O) groups excluding carboxylic acids is 1. The minimum absolute atomic E-state index is 0.104. The van der Waals surface area contributed by atoms with Crippen LogP contribution in [0.3, 0.4) is 0 Å². The van der Waals surface area contributed by atoms with Crippen LogP contribution < -0.4 is 11.0 Å². The Balaban J connectivity index is 2.09. The van der Waals surface area contributed by atoms with Crippen molar-refractivity contribution in [3.63, 3.8) is 0 Å². The summed E-state index contributed by atoms with van der Waals surface area (Å²) in [4.78, 5) is 22.7. The van der Waals surface area contributed by atoms with Gasteiger partial charge in [0.25, 0.3) is 0 Å². The van der Waals surface area contributed by atoms with Crippen molar-refractivity contribution < 1.29 is 18.8 Å². The van der Waals surface area contributed by atoms with Gasteiger partial charge < -0.3 is 18.6 Å². The molecule has 0 radical (unpaired) electrons. The molecule has 23 heavy (non-hydrogen) atoms. The van der Waals surface area contributed by atoms with E-state index in [1.54, 1.807) is 16.8 Å². The molecule has 0 N–H and O–H groups in total. The van der Waals surface area contributed by atoms with E-state index in [0.717, 1.165) is 5.46 Å². The van der Waals surface area contributed by atoms with Gasteiger partial charge in [-0.15, -0.1) is 0 Å². The van der Waals surface area contributed by atoms with E-state index in [4.69, 9.17) is 14.0 Å². The van der Waals surface area contributed by atoms with Crippen LogP contribution in [0.15, 0.2) is 23.1 Å². The Kier molecular flexibility index (Phi) is 5.01. The Hall–Kier alpha value is -1.60. The Labute approximate surface area is 136 Å². The van der Waals surface area contributed by atoms with Crippen molar-refractivity contribution in [3.8, 4) is 0 Å². The van der Waals surface area contributed by atoms with Gasteiger partial charge in [-0.1, -0.05) is 6.07 Å². The number of nitrogens with zero attached hydrogens (tertiary/aromatic N) is 1. The number of hydrogen-bond donors (Lipinski definition) is 0.